The zero-order valence-electron chi connectivity index (χ0n) is 13.1. The molecule has 1 aromatic heterocycles. The van der Waals surface area contributed by atoms with Crippen molar-refractivity contribution in [3.05, 3.63) is 11.4 Å². The summed E-state index contributed by atoms with van der Waals surface area (Å²) in [6.07, 6.45) is 1.43. The van der Waals surface area contributed by atoms with Crippen LogP contribution in [-0.2, 0) is 21.4 Å². The minimum absolute atomic E-state index is 0.0865. The number of hydrogen-bond donors (Lipinski definition) is 1. The van der Waals surface area contributed by atoms with E-state index in [9.17, 15) is 13.2 Å². The summed E-state index contributed by atoms with van der Waals surface area (Å²) < 4.78 is 28.1. The zero-order valence-corrected chi connectivity index (χ0v) is 13.9. The Morgan fingerprint density at radius 2 is 1.86 bits per heavy atom. The number of rotatable bonds is 7. The van der Waals surface area contributed by atoms with Gasteiger partial charge in [0.25, 0.3) is 0 Å². The van der Waals surface area contributed by atoms with Gasteiger partial charge in [-0.1, -0.05) is 13.8 Å². The van der Waals surface area contributed by atoms with Gasteiger partial charge in [0.05, 0.1) is 11.4 Å². The second-order valence-electron chi connectivity index (χ2n) is 5.04. The summed E-state index contributed by atoms with van der Waals surface area (Å²) in [5.41, 5.74) is 0.680. The van der Waals surface area contributed by atoms with E-state index >= 15 is 0 Å². The van der Waals surface area contributed by atoms with Crippen LogP contribution >= 0.6 is 0 Å². The maximum Gasteiger partial charge on any atom is 0.325 e. The molecule has 0 aliphatic heterocycles. The molecule has 0 spiro atoms. The second-order valence-corrected chi connectivity index (χ2v) is 6.98. The van der Waals surface area contributed by atoms with Gasteiger partial charge in [0, 0.05) is 13.1 Å². The van der Waals surface area contributed by atoms with Crippen molar-refractivity contribution in [1.29, 1.82) is 0 Å². The lowest BCUT2D eigenvalue weighted by Crippen LogP contribution is -2.36. The number of sulfonamides is 1. The molecule has 1 heterocycles. The van der Waals surface area contributed by atoms with Crippen LogP contribution < -0.4 is 0 Å². The topological polar surface area (TPSA) is 92.5 Å². The Bertz CT molecular complexity index is 618. The molecule has 0 aliphatic rings. The van der Waals surface area contributed by atoms with Gasteiger partial charge in [-0.3, -0.25) is 9.48 Å². The molecule has 1 rings (SSSR count). The minimum Gasteiger partial charge on any atom is -0.480 e. The lowest BCUT2D eigenvalue weighted by atomic mass is 10.2. The number of carboxylic acids is 1. The highest BCUT2D eigenvalue weighted by atomic mass is 32.2. The molecule has 1 N–H and O–H groups in total. The molecule has 0 unspecified atom stereocenters. The van der Waals surface area contributed by atoms with Gasteiger partial charge in [-0.15, -0.1) is 0 Å². The van der Waals surface area contributed by atoms with Crippen LogP contribution in [0.2, 0.25) is 0 Å². The molecule has 7 nitrogen and oxygen atoms in total. The van der Waals surface area contributed by atoms with Crippen molar-refractivity contribution in [3.63, 3.8) is 0 Å². The molecule has 120 valence electrons. The average molecular weight is 317 g/mol. The van der Waals surface area contributed by atoms with Crippen LogP contribution in [0.4, 0.5) is 0 Å². The number of nitrogens with zero attached hydrogens (tertiary/aromatic N) is 3. The SMILES string of the molecule is CCC(CC)N(C)S(=O)(=O)c1c(C)nn(CC(=O)O)c1C. The lowest BCUT2D eigenvalue weighted by molar-refractivity contribution is -0.137. The maximum atomic E-state index is 12.8. The van der Waals surface area contributed by atoms with Gasteiger partial charge >= 0.3 is 5.97 Å². The van der Waals surface area contributed by atoms with Crippen molar-refractivity contribution in [3.8, 4) is 0 Å². The Morgan fingerprint density at radius 1 is 1.33 bits per heavy atom. The van der Waals surface area contributed by atoms with E-state index in [0.29, 0.717) is 24.2 Å². The third-order valence-electron chi connectivity index (χ3n) is 3.69. The molecule has 0 radical (unpaired) electrons. The molecule has 8 heteroatoms. The molecule has 0 saturated heterocycles. The maximum absolute atomic E-state index is 12.8. The van der Waals surface area contributed by atoms with Crippen LogP contribution in [0.25, 0.3) is 0 Å². The first-order valence-corrected chi connectivity index (χ1v) is 8.34. The van der Waals surface area contributed by atoms with Crippen LogP contribution in [0.3, 0.4) is 0 Å². The van der Waals surface area contributed by atoms with Gasteiger partial charge in [-0.25, -0.2) is 8.42 Å². The van der Waals surface area contributed by atoms with Crippen LogP contribution in [0.15, 0.2) is 4.90 Å². The number of carbonyl (C=O) groups is 1. The Hall–Kier alpha value is -1.41. The molecule has 21 heavy (non-hydrogen) atoms. The Balaban J connectivity index is 3.32. The normalized spacial score (nSPS) is 12.3. The predicted octanol–water partition coefficient (Wildman–Crippen LogP) is 1.39. The van der Waals surface area contributed by atoms with Crippen LogP contribution in [0.1, 0.15) is 38.1 Å². The molecular formula is C13H23N3O4S. The van der Waals surface area contributed by atoms with Crippen molar-refractivity contribution < 1.29 is 18.3 Å². The molecule has 0 amide bonds. The van der Waals surface area contributed by atoms with Crippen LogP contribution in [-0.4, -0.2) is 46.7 Å². The van der Waals surface area contributed by atoms with Gasteiger partial charge in [-0.2, -0.15) is 9.40 Å². The predicted molar refractivity (Wildman–Crippen MR) is 78.7 cm³/mol. The van der Waals surface area contributed by atoms with E-state index < -0.39 is 16.0 Å². The van der Waals surface area contributed by atoms with Gasteiger partial charge in [-0.05, 0) is 26.7 Å². The van der Waals surface area contributed by atoms with Crippen molar-refractivity contribution in [1.82, 2.24) is 14.1 Å². The highest BCUT2D eigenvalue weighted by Crippen LogP contribution is 2.25. The molecule has 0 aromatic carbocycles. The van der Waals surface area contributed by atoms with Crippen molar-refractivity contribution in [2.24, 2.45) is 0 Å². The third kappa shape index (κ3) is 3.44. The number of aliphatic carboxylic acids is 1. The van der Waals surface area contributed by atoms with E-state index in [1.54, 1.807) is 20.9 Å². The molecule has 0 saturated carbocycles. The van der Waals surface area contributed by atoms with E-state index in [0.717, 1.165) is 0 Å². The zero-order chi connectivity index (χ0) is 16.4. The molecule has 0 bridgehead atoms. The quantitative estimate of drug-likeness (QED) is 0.820. The molecule has 0 atom stereocenters. The minimum atomic E-state index is -3.68. The Labute approximate surface area is 125 Å². The van der Waals surface area contributed by atoms with Crippen molar-refractivity contribution >= 4 is 16.0 Å². The van der Waals surface area contributed by atoms with Crippen molar-refractivity contribution in [2.45, 2.75) is 58.0 Å². The highest BCUT2D eigenvalue weighted by Gasteiger charge is 2.31. The van der Waals surface area contributed by atoms with Crippen LogP contribution in [0, 0.1) is 13.8 Å². The van der Waals surface area contributed by atoms with E-state index in [1.165, 1.54) is 8.99 Å². The first-order valence-electron chi connectivity index (χ1n) is 6.90. The molecule has 0 fully saturated rings. The molecular weight excluding hydrogens is 294 g/mol. The second kappa shape index (κ2) is 6.57. The monoisotopic (exact) mass is 317 g/mol. The molecule has 0 aliphatic carbocycles. The van der Waals surface area contributed by atoms with Gasteiger partial charge in [0.15, 0.2) is 0 Å². The van der Waals surface area contributed by atoms with E-state index in [4.69, 9.17) is 5.11 Å². The number of aromatic nitrogens is 2. The standard InChI is InChI=1S/C13H23N3O4S/c1-6-11(7-2)15(5)21(19,20)13-9(3)14-16(10(13)4)8-12(17)18/h11H,6-8H2,1-5H3,(H,17,18). The smallest absolute Gasteiger partial charge is 0.325 e. The van der Waals surface area contributed by atoms with Gasteiger partial charge in [0.2, 0.25) is 10.0 Å². The summed E-state index contributed by atoms with van der Waals surface area (Å²) in [4.78, 5) is 10.9. The summed E-state index contributed by atoms with van der Waals surface area (Å²) >= 11 is 0. The van der Waals surface area contributed by atoms with Gasteiger partial charge < -0.3 is 5.11 Å². The Kier molecular flexibility index (Phi) is 5.52. The summed E-state index contributed by atoms with van der Waals surface area (Å²) in [6.45, 7) is 6.69. The lowest BCUT2D eigenvalue weighted by Gasteiger charge is -2.25. The van der Waals surface area contributed by atoms with E-state index in [-0.39, 0.29) is 17.5 Å². The number of carboxylic acid groups (broad SMARTS) is 1. The number of hydrogen-bond acceptors (Lipinski definition) is 4. The van der Waals surface area contributed by atoms with Gasteiger partial charge in [0.1, 0.15) is 11.4 Å². The fourth-order valence-corrected chi connectivity index (χ4v) is 4.35. The third-order valence-corrected chi connectivity index (χ3v) is 5.86. The van der Waals surface area contributed by atoms with E-state index in [2.05, 4.69) is 5.10 Å². The fraction of sp³-hybridized carbons (Fsp3) is 0.692. The highest BCUT2D eigenvalue weighted by molar-refractivity contribution is 7.89. The summed E-state index contributed by atoms with van der Waals surface area (Å²) in [6, 6.07) is -0.0865. The Morgan fingerprint density at radius 3 is 2.29 bits per heavy atom. The summed E-state index contributed by atoms with van der Waals surface area (Å²) in [5, 5.41) is 12.9. The first kappa shape index (κ1) is 17.6. The van der Waals surface area contributed by atoms with E-state index in [1.807, 2.05) is 13.8 Å². The largest absolute Gasteiger partial charge is 0.480 e. The fourth-order valence-electron chi connectivity index (χ4n) is 2.48. The first-order chi connectivity index (χ1) is 9.66. The molecule has 1 aromatic rings. The number of aryl methyl sites for hydroxylation is 1. The van der Waals surface area contributed by atoms with Crippen molar-refractivity contribution in [2.75, 3.05) is 7.05 Å². The summed E-state index contributed by atoms with van der Waals surface area (Å²) in [7, 11) is -2.13. The average Bonchev–Trinajstić information content (AvgIpc) is 2.65. The van der Waals surface area contributed by atoms with Crippen LogP contribution in [0.5, 0.6) is 0 Å². The summed E-state index contributed by atoms with van der Waals surface area (Å²) in [5.74, 6) is -1.06.